The van der Waals surface area contributed by atoms with Gasteiger partial charge in [-0.05, 0) is 96.9 Å². The highest BCUT2D eigenvalue weighted by Crippen LogP contribution is 2.43. The van der Waals surface area contributed by atoms with Crippen LogP contribution < -0.4 is 4.18 Å². The maximum absolute atomic E-state index is 13.2. The van der Waals surface area contributed by atoms with Crippen molar-refractivity contribution >= 4 is 42.4 Å². The van der Waals surface area contributed by atoms with Crippen molar-refractivity contribution in [1.29, 1.82) is 0 Å². The number of pyridine rings is 1. The molecule has 8 rings (SSSR count). The first-order chi connectivity index (χ1) is 24.6. The molecule has 0 atom stereocenters. The van der Waals surface area contributed by atoms with E-state index in [9.17, 15) is 21.6 Å². The predicted octanol–water partition coefficient (Wildman–Crippen LogP) is 11.7. The molecule has 8 aromatic rings. The number of rotatable bonds is 6. The molecule has 4 nitrogen and oxygen atoms in total. The molecule has 0 aliphatic carbocycles. The van der Waals surface area contributed by atoms with E-state index >= 15 is 0 Å². The van der Waals surface area contributed by atoms with Crippen LogP contribution in [0.15, 0.2) is 152 Å². The zero-order chi connectivity index (χ0) is 35.3. The Bertz CT molecular complexity index is 2710. The molecular formula is C43H28F3NO3S. The predicted molar refractivity (Wildman–Crippen MR) is 199 cm³/mol. The van der Waals surface area contributed by atoms with E-state index in [0.29, 0.717) is 16.7 Å². The third-order valence-corrected chi connectivity index (χ3v) is 10.1. The van der Waals surface area contributed by atoms with Gasteiger partial charge in [0.05, 0.1) is 5.69 Å². The molecule has 250 valence electrons. The van der Waals surface area contributed by atoms with Crippen LogP contribution in [-0.4, -0.2) is 18.9 Å². The molecule has 0 bridgehead atoms. The van der Waals surface area contributed by atoms with Crippen molar-refractivity contribution < 1.29 is 25.8 Å². The first-order valence-electron chi connectivity index (χ1n) is 16.2. The summed E-state index contributed by atoms with van der Waals surface area (Å²) in [7, 11) is -5.86. The van der Waals surface area contributed by atoms with Gasteiger partial charge in [-0.15, -0.1) is 0 Å². The Morgan fingerprint density at radius 3 is 1.73 bits per heavy atom. The number of nitrogens with zero attached hydrogens (tertiary/aromatic N) is 1. The van der Waals surface area contributed by atoms with Crippen molar-refractivity contribution in [2.24, 2.45) is 0 Å². The van der Waals surface area contributed by atoms with Crippen molar-refractivity contribution in [3.8, 4) is 50.4 Å². The van der Waals surface area contributed by atoms with Crippen LogP contribution >= 0.6 is 0 Å². The van der Waals surface area contributed by atoms with E-state index in [2.05, 4.69) is 70.9 Å². The second-order valence-corrected chi connectivity index (χ2v) is 13.9. The average Bonchev–Trinajstić information content (AvgIpc) is 3.14. The molecule has 7 aromatic carbocycles. The SMILES string of the molecule is Cc1cc(OS(=O)(=O)C(F)(F)F)cc(-c2ccccc2-c2cnc(-c3ccccc3)cc2-c2ccc3c4ccccc4c4ccccc4c3c2)c1. The monoisotopic (exact) mass is 695 g/mol. The fraction of sp³-hybridized carbons (Fsp3) is 0.0465. The highest BCUT2D eigenvalue weighted by Gasteiger charge is 2.48. The average molecular weight is 696 g/mol. The molecule has 0 aliphatic heterocycles. The highest BCUT2D eigenvalue weighted by molar-refractivity contribution is 7.88. The van der Waals surface area contributed by atoms with Crippen molar-refractivity contribution in [2.75, 3.05) is 0 Å². The van der Waals surface area contributed by atoms with E-state index in [1.165, 1.54) is 17.5 Å². The lowest BCUT2D eigenvalue weighted by Crippen LogP contribution is -2.28. The van der Waals surface area contributed by atoms with Crippen molar-refractivity contribution in [3.05, 3.63) is 157 Å². The third kappa shape index (κ3) is 5.87. The Hall–Kier alpha value is -5.99. The summed E-state index contributed by atoms with van der Waals surface area (Å²) < 4.78 is 68.1. The molecule has 1 aromatic heterocycles. The van der Waals surface area contributed by atoms with Gasteiger partial charge in [0, 0.05) is 17.3 Å². The molecule has 0 unspecified atom stereocenters. The van der Waals surface area contributed by atoms with Gasteiger partial charge >= 0.3 is 15.6 Å². The van der Waals surface area contributed by atoms with Crippen molar-refractivity contribution in [3.63, 3.8) is 0 Å². The summed E-state index contributed by atoms with van der Waals surface area (Å²) in [5, 5.41) is 6.87. The van der Waals surface area contributed by atoms with E-state index in [1.807, 2.05) is 66.9 Å². The number of hydrogen-bond donors (Lipinski definition) is 0. The van der Waals surface area contributed by atoms with E-state index in [-0.39, 0.29) is 0 Å². The summed E-state index contributed by atoms with van der Waals surface area (Å²) in [5.41, 5.74) is 1.27. The topological polar surface area (TPSA) is 56.3 Å². The zero-order valence-corrected chi connectivity index (χ0v) is 28.0. The minimum atomic E-state index is -5.86. The molecule has 0 saturated heterocycles. The molecule has 0 aliphatic rings. The summed E-state index contributed by atoms with van der Waals surface area (Å²) in [5.74, 6) is -0.427. The second kappa shape index (κ2) is 12.4. The van der Waals surface area contributed by atoms with Gasteiger partial charge in [-0.3, -0.25) is 4.98 Å². The molecule has 0 radical (unpaired) electrons. The number of benzene rings is 7. The zero-order valence-electron chi connectivity index (χ0n) is 27.1. The Balaban J connectivity index is 1.36. The number of aromatic nitrogens is 1. The molecule has 51 heavy (non-hydrogen) atoms. The molecule has 8 heteroatoms. The molecule has 0 amide bonds. The molecule has 1 heterocycles. The van der Waals surface area contributed by atoms with Crippen LogP contribution in [0.5, 0.6) is 5.75 Å². The highest BCUT2D eigenvalue weighted by atomic mass is 32.2. The van der Waals surface area contributed by atoms with Gasteiger partial charge in [0.1, 0.15) is 5.75 Å². The van der Waals surface area contributed by atoms with Gasteiger partial charge in [0.15, 0.2) is 0 Å². The van der Waals surface area contributed by atoms with Crippen LogP contribution in [0.4, 0.5) is 13.2 Å². The van der Waals surface area contributed by atoms with Crippen LogP contribution in [0, 0.1) is 6.92 Å². The third-order valence-electron chi connectivity index (χ3n) is 9.10. The number of halogens is 3. The molecule has 0 fully saturated rings. The summed E-state index contributed by atoms with van der Waals surface area (Å²) in [6, 6.07) is 47.0. The van der Waals surface area contributed by atoms with Gasteiger partial charge in [0.2, 0.25) is 0 Å². The lowest BCUT2D eigenvalue weighted by Gasteiger charge is -2.18. The maximum atomic E-state index is 13.2. The van der Waals surface area contributed by atoms with Crippen LogP contribution in [0.25, 0.3) is 77.0 Å². The molecule has 0 spiro atoms. The van der Waals surface area contributed by atoms with E-state index < -0.39 is 21.4 Å². The normalized spacial score (nSPS) is 12.1. The summed E-state index contributed by atoms with van der Waals surface area (Å²) in [4.78, 5) is 4.88. The van der Waals surface area contributed by atoms with Gasteiger partial charge in [-0.1, -0.05) is 121 Å². The standard InChI is InChI=1S/C43H28F3NO3S/c1-27-21-30(23-31(22-27)50-51(48,49)43(44,45)46)32-13-5-6-14-33(32)41-26-47-42(28-11-3-2-4-12-28)25-39(41)29-19-20-38-36-17-8-7-15-34(36)35-16-9-10-18-37(35)40(38)24-29/h2-26H,1H3. The number of fused-ring (bicyclic) bond motifs is 6. The van der Waals surface area contributed by atoms with Crippen molar-refractivity contribution in [1.82, 2.24) is 4.98 Å². The van der Waals surface area contributed by atoms with Gasteiger partial charge < -0.3 is 4.18 Å². The molecule has 0 saturated carbocycles. The maximum Gasteiger partial charge on any atom is 0.534 e. The fourth-order valence-corrected chi connectivity index (χ4v) is 7.29. The minimum absolute atomic E-state index is 0.427. The quantitative estimate of drug-likeness (QED) is 0.0987. The first kappa shape index (κ1) is 32.2. The summed E-state index contributed by atoms with van der Waals surface area (Å²) in [6.45, 7) is 1.67. The van der Waals surface area contributed by atoms with Crippen LogP contribution in [-0.2, 0) is 10.1 Å². The van der Waals surface area contributed by atoms with Crippen molar-refractivity contribution in [2.45, 2.75) is 12.4 Å². The molecule has 0 N–H and O–H groups in total. The van der Waals surface area contributed by atoms with Gasteiger partial charge in [0.25, 0.3) is 0 Å². The van der Waals surface area contributed by atoms with Crippen LogP contribution in [0.2, 0.25) is 0 Å². The first-order valence-corrected chi connectivity index (χ1v) is 17.6. The Morgan fingerprint density at radius 1 is 0.510 bits per heavy atom. The fourth-order valence-electron chi connectivity index (χ4n) is 6.85. The van der Waals surface area contributed by atoms with Gasteiger partial charge in [-0.25, -0.2) is 0 Å². The lowest BCUT2D eigenvalue weighted by atomic mass is 9.87. The van der Waals surface area contributed by atoms with Crippen LogP contribution in [0.3, 0.4) is 0 Å². The number of hydrogen-bond acceptors (Lipinski definition) is 4. The Morgan fingerprint density at radius 2 is 1.08 bits per heavy atom. The van der Waals surface area contributed by atoms with E-state index in [1.54, 1.807) is 13.0 Å². The number of alkyl halides is 3. The Kier molecular flexibility index (Phi) is 7.84. The largest absolute Gasteiger partial charge is 0.534 e. The van der Waals surface area contributed by atoms with Crippen LogP contribution in [0.1, 0.15) is 5.56 Å². The summed E-state index contributed by atoms with van der Waals surface area (Å²) >= 11 is 0. The molecular weight excluding hydrogens is 668 g/mol. The smallest absolute Gasteiger partial charge is 0.376 e. The minimum Gasteiger partial charge on any atom is -0.376 e. The Labute approximate surface area is 292 Å². The summed E-state index contributed by atoms with van der Waals surface area (Å²) in [6.07, 6.45) is 1.82. The second-order valence-electron chi connectivity index (χ2n) is 12.4. The lowest BCUT2D eigenvalue weighted by molar-refractivity contribution is -0.0500. The van der Waals surface area contributed by atoms with E-state index in [0.717, 1.165) is 60.4 Å². The number of aryl methyl sites for hydroxylation is 1. The van der Waals surface area contributed by atoms with Gasteiger partial charge in [-0.2, -0.15) is 21.6 Å². The van der Waals surface area contributed by atoms with E-state index in [4.69, 9.17) is 4.98 Å².